The van der Waals surface area contributed by atoms with Gasteiger partial charge >= 0.3 is 6.03 Å². The molecule has 0 saturated heterocycles. The second-order valence-electron chi connectivity index (χ2n) is 3.61. The summed E-state index contributed by atoms with van der Waals surface area (Å²) in [5.41, 5.74) is 1.07. The molecule has 1 aromatic rings. The maximum atomic E-state index is 12.0. The molecule has 1 aliphatic heterocycles. The average Bonchev–Trinajstić information content (AvgIpc) is 2.49. The molecule has 20 heavy (non-hydrogen) atoms. The van der Waals surface area contributed by atoms with Crippen molar-refractivity contribution in [1.29, 1.82) is 0 Å². The molecule has 0 spiro atoms. The van der Waals surface area contributed by atoms with Crippen molar-refractivity contribution >= 4 is 18.1 Å². The number of carbonyl (C=O) groups is 2. The minimum absolute atomic E-state index is 0.0481. The molecule has 1 heterocycles. The number of benzene rings is 1. The second kappa shape index (κ2) is 6.11. The standard InChI is InChI=1S/C14H10N2O4/c1-2-11-4-3-5-12(8-11)15-14(18)16(10-17)13-9-19-6-7-20-13/h1,3-10H,(H,15,18). The molecule has 0 radical (unpaired) electrons. The van der Waals surface area contributed by atoms with Crippen LogP contribution in [0.5, 0.6) is 0 Å². The van der Waals surface area contributed by atoms with Crippen molar-refractivity contribution < 1.29 is 19.1 Å². The first-order valence-corrected chi connectivity index (χ1v) is 5.54. The molecule has 1 N–H and O–H groups in total. The molecule has 100 valence electrons. The zero-order valence-electron chi connectivity index (χ0n) is 10.3. The van der Waals surface area contributed by atoms with Gasteiger partial charge in [-0.25, -0.2) is 9.69 Å². The van der Waals surface area contributed by atoms with E-state index < -0.39 is 6.03 Å². The summed E-state index contributed by atoms with van der Waals surface area (Å²) >= 11 is 0. The smallest absolute Gasteiger partial charge is 0.335 e. The first-order valence-electron chi connectivity index (χ1n) is 5.54. The lowest BCUT2D eigenvalue weighted by Crippen LogP contribution is -2.34. The maximum absolute atomic E-state index is 12.0. The lowest BCUT2D eigenvalue weighted by atomic mass is 10.2. The van der Waals surface area contributed by atoms with Gasteiger partial charge in [0.1, 0.15) is 12.5 Å². The minimum atomic E-state index is -0.695. The molecular formula is C14H10N2O4. The molecule has 0 saturated carbocycles. The normalized spacial score (nSPS) is 12.2. The van der Waals surface area contributed by atoms with Gasteiger partial charge in [0.15, 0.2) is 6.26 Å². The van der Waals surface area contributed by atoms with E-state index in [4.69, 9.17) is 15.9 Å². The average molecular weight is 270 g/mol. The zero-order chi connectivity index (χ0) is 14.4. The molecule has 3 amide bonds. The Bertz CT molecular complexity index is 628. The molecule has 2 rings (SSSR count). The summed E-state index contributed by atoms with van der Waals surface area (Å²) in [6.07, 6.45) is 9.19. The zero-order valence-corrected chi connectivity index (χ0v) is 10.3. The third kappa shape index (κ3) is 2.97. The van der Waals surface area contributed by atoms with Crippen LogP contribution in [0.4, 0.5) is 10.5 Å². The number of nitrogens with zero attached hydrogens (tertiary/aromatic N) is 1. The third-order valence-corrected chi connectivity index (χ3v) is 2.33. The topological polar surface area (TPSA) is 67.9 Å². The first-order chi connectivity index (χ1) is 9.74. The van der Waals surface area contributed by atoms with Gasteiger partial charge in [-0.3, -0.25) is 4.79 Å². The molecule has 0 aromatic heterocycles. The highest BCUT2D eigenvalue weighted by atomic mass is 16.5. The van der Waals surface area contributed by atoms with Crippen LogP contribution >= 0.6 is 0 Å². The van der Waals surface area contributed by atoms with Crippen LogP contribution in [0.1, 0.15) is 5.56 Å². The number of ether oxygens (including phenoxy) is 2. The Balaban J connectivity index is 2.11. The summed E-state index contributed by atoms with van der Waals surface area (Å²) in [6.45, 7) is 0. The van der Waals surface area contributed by atoms with E-state index in [-0.39, 0.29) is 5.88 Å². The Labute approximate surface area is 115 Å². The number of imide groups is 1. The number of terminal acetylenes is 1. The first kappa shape index (κ1) is 13.2. The number of nitrogens with one attached hydrogen (secondary N) is 1. The third-order valence-electron chi connectivity index (χ3n) is 2.33. The van der Waals surface area contributed by atoms with E-state index >= 15 is 0 Å². The number of carbonyl (C=O) groups excluding carboxylic acids is 2. The van der Waals surface area contributed by atoms with E-state index in [1.54, 1.807) is 24.3 Å². The predicted molar refractivity (Wildman–Crippen MR) is 70.7 cm³/mol. The van der Waals surface area contributed by atoms with Crippen molar-refractivity contribution in [3.05, 3.63) is 54.5 Å². The van der Waals surface area contributed by atoms with Gasteiger partial charge in [-0.15, -0.1) is 6.42 Å². The van der Waals surface area contributed by atoms with Crippen LogP contribution in [-0.2, 0) is 14.3 Å². The minimum Gasteiger partial charge on any atom is -0.464 e. The quantitative estimate of drug-likeness (QED) is 0.673. The van der Waals surface area contributed by atoms with E-state index in [1.165, 1.54) is 12.5 Å². The SMILES string of the molecule is C#Cc1cccc(NC(=O)N(C=O)C2=COC=CO2)c1. The predicted octanol–water partition coefficient (Wildman–Crippen LogP) is 1.98. The molecule has 6 nitrogen and oxygen atoms in total. The van der Waals surface area contributed by atoms with E-state index in [2.05, 4.69) is 11.2 Å². The van der Waals surface area contributed by atoms with Crippen molar-refractivity contribution in [2.24, 2.45) is 0 Å². The van der Waals surface area contributed by atoms with Crippen molar-refractivity contribution in [3.8, 4) is 12.3 Å². The van der Waals surface area contributed by atoms with E-state index in [0.29, 0.717) is 17.7 Å². The largest absolute Gasteiger partial charge is 0.464 e. The summed E-state index contributed by atoms with van der Waals surface area (Å²) in [7, 11) is 0. The van der Waals surface area contributed by atoms with Gasteiger partial charge in [0.2, 0.25) is 12.3 Å². The highest BCUT2D eigenvalue weighted by Crippen LogP contribution is 2.14. The highest BCUT2D eigenvalue weighted by Gasteiger charge is 2.20. The Kier molecular flexibility index (Phi) is 4.04. The summed E-state index contributed by atoms with van der Waals surface area (Å²) in [5.74, 6) is 2.40. The van der Waals surface area contributed by atoms with Crippen LogP contribution in [0, 0.1) is 12.3 Å². The number of hydrogen-bond donors (Lipinski definition) is 1. The number of anilines is 1. The Morgan fingerprint density at radius 2 is 2.25 bits per heavy atom. The number of amides is 3. The van der Waals surface area contributed by atoms with E-state index in [1.807, 2.05) is 0 Å². The molecule has 0 bridgehead atoms. The van der Waals surface area contributed by atoms with Crippen molar-refractivity contribution in [2.45, 2.75) is 0 Å². The molecule has 1 aromatic carbocycles. The summed E-state index contributed by atoms with van der Waals surface area (Å²) in [5, 5.41) is 2.52. The van der Waals surface area contributed by atoms with Crippen LogP contribution in [0.25, 0.3) is 0 Å². The molecule has 0 aliphatic carbocycles. The van der Waals surface area contributed by atoms with Crippen molar-refractivity contribution in [1.82, 2.24) is 4.90 Å². The summed E-state index contributed by atoms with van der Waals surface area (Å²) in [4.78, 5) is 23.7. The van der Waals surface area contributed by atoms with Crippen molar-refractivity contribution in [3.63, 3.8) is 0 Å². The van der Waals surface area contributed by atoms with Gasteiger partial charge in [0, 0.05) is 11.3 Å². The lowest BCUT2D eigenvalue weighted by molar-refractivity contribution is -0.115. The molecule has 0 atom stereocenters. The maximum Gasteiger partial charge on any atom is 0.335 e. The molecule has 0 unspecified atom stereocenters. The monoisotopic (exact) mass is 270 g/mol. The van der Waals surface area contributed by atoms with Crippen LogP contribution < -0.4 is 5.32 Å². The molecular weight excluding hydrogens is 260 g/mol. The van der Waals surface area contributed by atoms with Gasteiger partial charge in [-0.05, 0) is 18.2 Å². The van der Waals surface area contributed by atoms with Gasteiger partial charge in [0.25, 0.3) is 0 Å². The van der Waals surface area contributed by atoms with Gasteiger partial charge in [-0.2, -0.15) is 0 Å². The molecule has 0 fully saturated rings. The number of urea groups is 1. The lowest BCUT2D eigenvalue weighted by Gasteiger charge is -2.19. The molecule has 6 heteroatoms. The van der Waals surface area contributed by atoms with E-state index in [0.717, 1.165) is 11.2 Å². The summed E-state index contributed by atoms with van der Waals surface area (Å²) < 4.78 is 9.82. The van der Waals surface area contributed by atoms with Crippen LogP contribution in [0.15, 0.2) is 48.9 Å². The van der Waals surface area contributed by atoms with E-state index in [9.17, 15) is 9.59 Å². The van der Waals surface area contributed by atoms with Gasteiger partial charge < -0.3 is 14.8 Å². The van der Waals surface area contributed by atoms with Gasteiger partial charge in [0.05, 0.1) is 0 Å². The van der Waals surface area contributed by atoms with Crippen LogP contribution in [0.3, 0.4) is 0 Å². The fourth-order valence-corrected chi connectivity index (χ4v) is 1.44. The number of hydrogen-bond acceptors (Lipinski definition) is 4. The van der Waals surface area contributed by atoms with Gasteiger partial charge in [-0.1, -0.05) is 12.0 Å². The number of rotatable bonds is 3. The molecule has 1 aliphatic rings. The fraction of sp³-hybridized carbons (Fsp3) is 0. The Morgan fingerprint density at radius 3 is 2.90 bits per heavy atom. The Morgan fingerprint density at radius 1 is 1.40 bits per heavy atom. The Hall–Kier alpha value is -3.20. The fourth-order valence-electron chi connectivity index (χ4n) is 1.44. The van der Waals surface area contributed by atoms with Crippen molar-refractivity contribution in [2.75, 3.05) is 5.32 Å². The van der Waals surface area contributed by atoms with Crippen LogP contribution in [-0.4, -0.2) is 17.3 Å². The summed E-state index contributed by atoms with van der Waals surface area (Å²) in [6, 6.07) is 5.97. The van der Waals surface area contributed by atoms with Crippen LogP contribution in [0.2, 0.25) is 0 Å². The highest BCUT2D eigenvalue weighted by molar-refractivity contribution is 5.96. The second-order valence-corrected chi connectivity index (χ2v) is 3.61.